The van der Waals surface area contributed by atoms with E-state index >= 15 is 0 Å². The lowest BCUT2D eigenvalue weighted by Gasteiger charge is -2.01. The van der Waals surface area contributed by atoms with Gasteiger partial charge in [0.05, 0.1) is 13.1 Å². The number of rotatable bonds is 2. The van der Waals surface area contributed by atoms with Crippen LogP contribution in [0.3, 0.4) is 0 Å². The number of nitrogens with one attached hydrogen (secondary N) is 1. The first kappa shape index (κ1) is 9.09. The van der Waals surface area contributed by atoms with Crippen LogP contribution in [-0.2, 0) is 6.54 Å². The van der Waals surface area contributed by atoms with Gasteiger partial charge in [0.1, 0.15) is 0 Å². The second-order valence-electron chi connectivity index (χ2n) is 2.90. The lowest BCUT2D eigenvalue weighted by molar-refractivity contribution is 0.942. The van der Waals surface area contributed by atoms with Crippen LogP contribution < -0.4 is 5.32 Å². The van der Waals surface area contributed by atoms with E-state index in [9.17, 15) is 0 Å². The molecular weight excluding hydrogens is 200 g/mol. The summed E-state index contributed by atoms with van der Waals surface area (Å²) in [5.74, 6) is 1.13. The molecule has 1 aliphatic rings. The highest BCUT2D eigenvalue weighted by Crippen LogP contribution is 2.16. The quantitative estimate of drug-likeness (QED) is 0.813. The fraction of sp³-hybridized carbons (Fsp3) is 0.444. The Labute approximate surface area is 86.5 Å². The van der Waals surface area contributed by atoms with E-state index in [0.717, 1.165) is 24.0 Å². The van der Waals surface area contributed by atoms with Gasteiger partial charge in [0.15, 0.2) is 5.17 Å². The Hall–Kier alpha value is -0.480. The molecule has 2 nitrogen and oxygen atoms in total. The molecule has 0 saturated carbocycles. The van der Waals surface area contributed by atoms with Crippen molar-refractivity contribution in [1.29, 1.82) is 0 Å². The minimum atomic E-state index is 0.921. The van der Waals surface area contributed by atoms with Gasteiger partial charge in [-0.05, 0) is 19.1 Å². The molecule has 1 aromatic heterocycles. The van der Waals surface area contributed by atoms with E-state index in [4.69, 9.17) is 0 Å². The number of hydrogen-bond donors (Lipinski definition) is 1. The van der Waals surface area contributed by atoms with Gasteiger partial charge < -0.3 is 5.32 Å². The molecule has 70 valence electrons. The van der Waals surface area contributed by atoms with E-state index in [0.29, 0.717) is 0 Å². The highest BCUT2D eigenvalue weighted by Gasteiger charge is 2.06. The van der Waals surface area contributed by atoms with Gasteiger partial charge in [-0.15, -0.1) is 11.3 Å². The average molecular weight is 212 g/mol. The Morgan fingerprint density at radius 2 is 2.46 bits per heavy atom. The summed E-state index contributed by atoms with van der Waals surface area (Å²) in [4.78, 5) is 7.09. The normalized spacial score (nSPS) is 15.9. The van der Waals surface area contributed by atoms with E-state index in [2.05, 4.69) is 29.4 Å². The lowest BCUT2D eigenvalue weighted by atomic mass is 10.4. The number of nitrogens with zero attached hydrogens (tertiary/aromatic N) is 1. The standard InChI is InChI=1S/C9H12N2S2/c1-7-2-3-8(13-7)6-11-9-10-4-5-12-9/h2-3H,4-6H2,1H3,(H,10,11). The molecule has 0 amide bonds. The summed E-state index contributed by atoms with van der Waals surface area (Å²) in [6, 6.07) is 4.33. The summed E-state index contributed by atoms with van der Waals surface area (Å²) in [5.41, 5.74) is 0. The molecule has 2 rings (SSSR count). The summed E-state index contributed by atoms with van der Waals surface area (Å²) in [6.07, 6.45) is 0. The molecule has 0 aromatic carbocycles. The van der Waals surface area contributed by atoms with Crippen LogP contribution in [0.2, 0.25) is 0 Å². The maximum Gasteiger partial charge on any atom is 0.156 e. The number of thiophene rings is 1. The van der Waals surface area contributed by atoms with Crippen molar-refractivity contribution in [2.24, 2.45) is 4.99 Å². The minimum Gasteiger partial charge on any atom is -0.360 e. The van der Waals surface area contributed by atoms with Crippen LogP contribution in [0.5, 0.6) is 0 Å². The zero-order valence-electron chi connectivity index (χ0n) is 7.54. The molecule has 0 bridgehead atoms. The Morgan fingerprint density at radius 3 is 3.08 bits per heavy atom. The van der Waals surface area contributed by atoms with Crippen LogP contribution in [0.15, 0.2) is 17.1 Å². The molecule has 4 heteroatoms. The zero-order valence-corrected chi connectivity index (χ0v) is 9.17. The topological polar surface area (TPSA) is 24.4 Å². The third kappa shape index (κ3) is 2.48. The van der Waals surface area contributed by atoms with E-state index in [1.54, 1.807) is 0 Å². The van der Waals surface area contributed by atoms with E-state index in [-0.39, 0.29) is 0 Å². The first-order chi connectivity index (χ1) is 6.34. The Morgan fingerprint density at radius 1 is 1.54 bits per heavy atom. The number of aliphatic imine (C=N–C) groups is 1. The predicted octanol–water partition coefficient (Wildman–Crippen LogP) is 2.25. The van der Waals surface area contributed by atoms with Crippen LogP contribution >= 0.6 is 23.1 Å². The molecule has 1 aromatic rings. The molecule has 1 aliphatic heterocycles. The maximum absolute atomic E-state index is 4.33. The van der Waals surface area contributed by atoms with Crippen molar-refractivity contribution in [2.45, 2.75) is 13.5 Å². The van der Waals surface area contributed by atoms with Crippen LogP contribution in [0, 0.1) is 6.92 Å². The van der Waals surface area contributed by atoms with Gasteiger partial charge in [-0.2, -0.15) is 0 Å². The first-order valence-electron chi connectivity index (χ1n) is 4.31. The molecule has 0 radical (unpaired) electrons. The van der Waals surface area contributed by atoms with E-state index in [1.165, 1.54) is 9.75 Å². The SMILES string of the molecule is Cc1ccc(CNC2=NCCS2)s1. The summed E-state index contributed by atoms with van der Waals surface area (Å²) >= 11 is 3.66. The zero-order chi connectivity index (χ0) is 9.10. The van der Waals surface area contributed by atoms with Gasteiger partial charge in [-0.25, -0.2) is 0 Å². The molecule has 2 heterocycles. The van der Waals surface area contributed by atoms with Gasteiger partial charge in [0.2, 0.25) is 0 Å². The highest BCUT2D eigenvalue weighted by atomic mass is 32.2. The molecule has 0 spiro atoms. The molecule has 13 heavy (non-hydrogen) atoms. The molecule has 1 N–H and O–H groups in total. The fourth-order valence-electron chi connectivity index (χ4n) is 1.18. The van der Waals surface area contributed by atoms with Crippen molar-refractivity contribution in [1.82, 2.24) is 5.32 Å². The third-order valence-electron chi connectivity index (χ3n) is 1.80. The maximum atomic E-state index is 4.33. The van der Waals surface area contributed by atoms with Gasteiger partial charge in [-0.1, -0.05) is 11.8 Å². The Kier molecular flexibility index (Phi) is 2.90. The van der Waals surface area contributed by atoms with Crippen LogP contribution in [0.1, 0.15) is 9.75 Å². The predicted molar refractivity (Wildman–Crippen MR) is 60.7 cm³/mol. The summed E-state index contributed by atoms with van der Waals surface area (Å²) in [7, 11) is 0. The van der Waals surface area contributed by atoms with Crippen molar-refractivity contribution in [2.75, 3.05) is 12.3 Å². The molecule has 0 fully saturated rings. The lowest BCUT2D eigenvalue weighted by Crippen LogP contribution is -2.17. The smallest absolute Gasteiger partial charge is 0.156 e. The molecule has 0 atom stereocenters. The van der Waals surface area contributed by atoms with Crippen molar-refractivity contribution in [3.63, 3.8) is 0 Å². The van der Waals surface area contributed by atoms with Crippen molar-refractivity contribution < 1.29 is 0 Å². The summed E-state index contributed by atoms with van der Waals surface area (Å²) in [6.45, 7) is 4.02. The van der Waals surface area contributed by atoms with Crippen molar-refractivity contribution in [3.8, 4) is 0 Å². The van der Waals surface area contributed by atoms with Gasteiger partial charge in [0.25, 0.3) is 0 Å². The Balaban J connectivity index is 1.85. The van der Waals surface area contributed by atoms with Gasteiger partial charge >= 0.3 is 0 Å². The highest BCUT2D eigenvalue weighted by molar-refractivity contribution is 8.14. The van der Waals surface area contributed by atoms with E-state index in [1.807, 2.05) is 23.1 Å². The van der Waals surface area contributed by atoms with Crippen LogP contribution in [0.4, 0.5) is 0 Å². The number of thioether (sulfide) groups is 1. The summed E-state index contributed by atoms with van der Waals surface area (Å²) in [5, 5.41) is 4.44. The largest absolute Gasteiger partial charge is 0.360 e. The van der Waals surface area contributed by atoms with Crippen LogP contribution in [0.25, 0.3) is 0 Å². The van der Waals surface area contributed by atoms with Gasteiger partial charge in [-0.3, -0.25) is 4.99 Å². The third-order valence-corrected chi connectivity index (χ3v) is 3.73. The van der Waals surface area contributed by atoms with Crippen molar-refractivity contribution in [3.05, 3.63) is 21.9 Å². The van der Waals surface area contributed by atoms with Gasteiger partial charge in [0, 0.05) is 15.5 Å². The molecule has 0 unspecified atom stereocenters. The second-order valence-corrected chi connectivity index (χ2v) is 5.36. The number of hydrogen-bond acceptors (Lipinski definition) is 4. The number of aryl methyl sites for hydroxylation is 1. The first-order valence-corrected chi connectivity index (χ1v) is 6.11. The monoisotopic (exact) mass is 212 g/mol. The van der Waals surface area contributed by atoms with Crippen LogP contribution in [-0.4, -0.2) is 17.5 Å². The van der Waals surface area contributed by atoms with E-state index < -0.39 is 0 Å². The molecular formula is C9H12N2S2. The molecule has 0 aliphatic carbocycles. The Bertz CT molecular complexity index is 317. The van der Waals surface area contributed by atoms with Crippen molar-refractivity contribution >= 4 is 28.3 Å². The minimum absolute atomic E-state index is 0.921. The fourth-order valence-corrected chi connectivity index (χ4v) is 2.75. The second kappa shape index (κ2) is 4.15. The average Bonchev–Trinajstić information content (AvgIpc) is 2.71. The summed E-state index contributed by atoms with van der Waals surface area (Å²) < 4.78 is 0. The molecule has 0 saturated heterocycles. The number of amidine groups is 1.